The van der Waals surface area contributed by atoms with Gasteiger partial charge in [-0.1, -0.05) is 0 Å². The molecule has 0 radical (unpaired) electrons. The monoisotopic (exact) mass is 261 g/mol. The van der Waals surface area contributed by atoms with Crippen molar-refractivity contribution in [3.05, 3.63) is 0 Å². The van der Waals surface area contributed by atoms with E-state index in [2.05, 4.69) is 10.6 Å². The van der Waals surface area contributed by atoms with Crippen LogP contribution in [0.3, 0.4) is 0 Å². The topological polar surface area (TPSA) is 119 Å². The summed E-state index contributed by atoms with van der Waals surface area (Å²) >= 11 is 0. The van der Waals surface area contributed by atoms with Crippen molar-refractivity contribution in [2.45, 2.75) is 19.9 Å². The Labute approximate surface area is 105 Å². The number of hydrogen-bond donors (Lipinski definition) is 4. The van der Waals surface area contributed by atoms with Gasteiger partial charge in [0.25, 0.3) is 0 Å². The maximum atomic E-state index is 11.6. The van der Waals surface area contributed by atoms with Crippen LogP contribution in [0, 0.1) is 0 Å². The van der Waals surface area contributed by atoms with Gasteiger partial charge in [-0.15, -0.1) is 0 Å². The lowest BCUT2D eigenvalue weighted by molar-refractivity contribution is -0.137. The molecule has 0 aliphatic rings. The summed E-state index contributed by atoms with van der Waals surface area (Å²) < 4.78 is 0. The normalized spacial score (nSPS) is 10.0. The van der Waals surface area contributed by atoms with Crippen LogP contribution in [-0.2, 0) is 9.59 Å². The van der Waals surface area contributed by atoms with Gasteiger partial charge in [-0.3, -0.25) is 9.59 Å². The van der Waals surface area contributed by atoms with Gasteiger partial charge in [0.2, 0.25) is 5.91 Å². The molecule has 0 spiro atoms. The van der Waals surface area contributed by atoms with E-state index in [1.54, 1.807) is 13.8 Å². The minimum atomic E-state index is -1.15. The number of nitrogens with one attached hydrogen (secondary N) is 2. The average molecular weight is 261 g/mol. The van der Waals surface area contributed by atoms with Gasteiger partial charge >= 0.3 is 12.0 Å². The van der Waals surface area contributed by atoms with Crippen LogP contribution in [-0.4, -0.2) is 65.3 Å². The van der Waals surface area contributed by atoms with Gasteiger partial charge in [-0.2, -0.15) is 0 Å². The van der Waals surface area contributed by atoms with Crippen LogP contribution in [0.25, 0.3) is 0 Å². The Morgan fingerprint density at radius 1 is 1.17 bits per heavy atom. The van der Waals surface area contributed by atoms with E-state index in [0.717, 1.165) is 0 Å². The fourth-order valence-electron chi connectivity index (χ4n) is 1.20. The van der Waals surface area contributed by atoms with Crippen LogP contribution in [0.5, 0.6) is 0 Å². The summed E-state index contributed by atoms with van der Waals surface area (Å²) in [5, 5.41) is 21.6. The molecule has 0 unspecified atom stereocenters. The third-order valence-electron chi connectivity index (χ3n) is 2.06. The highest BCUT2D eigenvalue weighted by molar-refractivity contribution is 5.86. The van der Waals surface area contributed by atoms with E-state index in [1.807, 2.05) is 0 Å². The molecule has 8 heteroatoms. The molecular formula is C10H19N3O5. The highest BCUT2D eigenvalue weighted by Gasteiger charge is 2.16. The Bertz CT molecular complexity index is 306. The minimum Gasteiger partial charge on any atom is -0.480 e. The second-order valence-corrected chi connectivity index (χ2v) is 3.84. The highest BCUT2D eigenvalue weighted by atomic mass is 16.4. The van der Waals surface area contributed by atoms with Crippen LogP contribution in [0.4, 0.5) is 4.79 Å². The summed E-state index contributed by atoms with van der Waals surface area (Å²) in [5.74, 6) is -1.74. The number of aliphatic hydroxyl groups is 1. The summed E-state index contributed by atoms with van der Waals surface area (Å²) in [7, 11) is 0. The van der Waals surface area contributed by atoms with Crippen molar-refractivity contribution in [1.82, 2.24) is 15.5 Å². The largest absolute Gasteiger partial charge is 0.480 e. The summed E-state index contributed by atoms with van der Waals surface area (Å²) in [6, 6.07) is -0.594. The van der Waals surface area contributed by atoms with E-state index in [0.29, 0.717) is 0 Å². The summed E-state index contributed by atoms with van der Waals surface area (Å²) in [5.41, 5.74) is 0. The first-order valence-corrected chi connectivity index (χ1v) is 5.52. The maximum absolute atomic E-state index is 11.6. The van der Waals surface area contributed by atoms with Crippen molar-refractivity contribution in [3.8, 4) is 0 Å². The number of hydrogen-bond acceptors (Lipinski definition) is 4. The van der Waals surface area contributed by atoms with Crippen molar-refractivity contribution in [2.24, 2.45) is 0 Å². The molecule has 0 atom stereocenters. The van der Waals surface area contributed by atoms with E-state index in [1.165, 1.54) is 4.90 Å². The molecule has 104 valence electrons. The van der Waals surface area contributed by atoms with Gasteiger partial charge in [-0.05, 0) is 13.8 Å². The Morgan fingerprint density at radius 2 is 1.78 bits per heavy atom. The Morgan fingerprint density at radius 3 is 2.22 bits per heavy atom. The summed E-state index contributed by atoms with van der Waals surface area (Å²) in [4.78, 5) is 34.3. The molecule has 0 aromatic rings. The quantitative estimate of drug-likeness (QED) is 0.449. The van der Waals surface area contributed by atoms with Crippen molar-refractivity contribution in [2.75, 3.05) is 26.2 Å². The zero-order valence-electron chi connectivity index (χ0n) is 10.5. The number of carboxylic acids is 1. The van der Waals surface area contributed by atoms with E-state index in [4.69, 9.17) is 10.2 Å². The number of rotatable bonds is 7. The van der Waals surface area contributed by atoms with Crippen LogP contribution >= 0.6 is 0 Å². The molecule has 3 amide bonds. The van der Waals surface area contributed by atoms with Gasteiger partial charge in [0.05, 0.1) is 13.2 Å². The SMILES string of the molecule is CC(C)N(CCO)C(=O)NCC(=O)NCC(=O)O. The molecule has 0 aliphatic heterocycles. The molecule has 0 rings (SSSR count). The molecule has 0 saturated carbocycles. The number of carbonyl (C=O) groups is 3. The lowest BCUT2D eigenvalue weighted by Gasteiger charge is -2.25. The van der Waals surface area contributed by atoms with Crippen LogP contribution in [0.1, 0.15) is 13.8 Å². The van der Waals surface area contributed by atoms with Gasteiger partial charge in [0.15, 0.2) is 0 Å². The van der Waals surface area contributed by atoms with E-state index in [-0.39, 0.29) is 25.7 Å². The van der Waals surface area contributed by atoms with Crippen molar-refractivity contribution in [3.63, 3.8) is 0 Å². The molecule has 0 aromatic heterocycles. The number of aliphatic hydroxyl groups excluding tert-OH is 1. The molecule has 0 fully saturated rings. The van der Waals surface area contributed by atoms with Crippen molar-refractivity contribution >= 4 is 17.9 Å². The van der Waals surface area contributed by atoms with Gasteiger partial charge in [0.1, 0.15) is 6.54 Å². The predicted octanol–water partition coefficient (Wildman–Crippen LogP) is -1.40. The Kier molecular flexibility index (Phi) is 7.45. The molecule has 0 aromatic carbocycles. The number of aliphatic carboxylic acids is 1. The van der Waals surface area contributed by atoms with E-state index in [9.17, 15) is 14.4 Å². The molecular weight excluding hydrogens is 242 g/mol. The summed E-state index contributed by atoms with van der Waals surface area (Å²) in [6.07, 6.45) is 0. The number of carbonyl (C=O) groups excluding carboxylic acids is 2. The second-order valence-electron chi connectivity index (χ2n) is 3.84. The van der Waals surface area contributed by atoms with Crippen LogP contribution in [0.2, 0.25) is 0 Å². The second kappa shape index (κ2) is 8.29. The average Bonchev–Trinajstić information content (AvgIpc) is 2.29. The van der Waals surface area contributed by atoms with E-state index >= 15 is 0 Å². The van der Waals surface area contributed by atoms with Crippen LogP contribution in [0.15, 0.2) is 0 Å². The van der Waals surface area contributed by atoms with Crippen LogP contribution < -0.4 is 10.6 Å². The zero-order valence-corrected chi connectivity index (χ0v) is 10.5. The number of urea groups is 1. The molecule has 0 aliphatic carbocycles. The molecule has 0 saturated heterocycles. The van der Waals surface area contributed by atoms with Gasteiger partial charge in [-0.25, -0.2) is 4.79 Å². The fraction of sp³-hybridized carbons (Fsp3) is 0.700. The first-order chi connectivity index (χ1) is 8.38. The smallest absolute Gasteiger partial charge is 0.322 e. The lowest BCUT2D eigenvalue weighted by Crippen LogP contribution is -2.48. The van der Waals surface area contributed by atoms with Gasteiger partial charge in [0, 0.05) is 12.6 Å². The number of nitrogens with zero attached hydrogens (tertiary/aromatic N) is 1. The molecule has 4 N–H and O–H groups in total. The molecule has 0 heterocycles. The third kappa shape index (κ3) is 6.69. The Balaban J connectivity index is 4.06. The third-order valence-corrected chi connectivity index (χ3v) is 2.06. The number of carboxylic acid groups (broad SMARTS) is 1. The standard InChI is InChI=1S/C10H19N3O5/c1-7(2)13(3-4-14)10(18)12-5-8(15)11-6-9(16)17/h7,14H,3-6H2,1-2H3,(H,11,15)(H,12,18)(H,16,17). The molecule has 0 bridgehead atoms. The highest BCUT2D eigenvalue weighted by Crippen LogP contribution is 1.97. The molecule has 8 nitrogen and oxygen atoms in total. The first kappa shape index (κ1) is 16.2. The minimum absolute atomic E-state index is 0.112. The van der Waals surface area contributed by atoms with Gasteiger partial charge < -0.3 is 25.7 Å². The predicted molar refractivity (Wildman–Crippen MR) is 63.0 cm³/mol. The Hall–Kier alpha value is -1.83. The van der Waals surface area contributed by atoms with Crippen molar-refractivity contribution < 1.29 is 24.6 Å². The summed E-state index contributed by atoms with van der Waals surface area (Å²) in [6.45, 7) is 2.76. The fourth-order valence-corrected chi connectivity index (χ4v) is 1.20. The van der Waals surface area contributed by atoms with Crippen molar-refractivity contribution in [1.29, 1.82) is 0 Å². The maximum Gasteiger partial charge on any atom is 0.322 e. The lowest BCUT2D eigenvalue weighted by atomic mass is 10.3. The first-order valence-electron chi connectivity index (χ1n) is 5.52. The van der Waals surface area contributed by atoms with E-state index < -0.39 is 24.5 Å². The zero-order chi connectivity index (χ0) is 14.1. The molecule has 18 heavy (non-hydrogen) atoms. The number of amides is 3.